The van der Waals surface area contributed by atoms with E-state index in [4.69, 9.17) is 0 Å². The van der Waals surface area contributed by atoms with Crippen molar-refractivity contribution in [3.8, 4) is 0 Å². The Balaban J connectivity index is 0.00000256. The van der Waals surface area contributed by atoms with Gasteiger partial charge in [0.1, 0.15) is 5.82 Å². The number of halogens is 1. The fourth-order valence-electron chi connectivity index (χ4n) is 1.23. The van der Waals surface area contributed by atoms with Crippen LogP contribution in [0.3, 0.4) is 0 Å². The van der Waals surface area contributed by atoms with Gasteiger partial charge in [-0.15, -0.1) is 12.4 Å². The van der Waals surface area contributed by atoms with Gasteiger partial charge in [-0.05, 0) is 19.2 Å². The molecule has 96 valence electrons. The van der Waals surface area contributed by atoms with Gasteiger partial charge in [-0.1, -0.05) is 6.07 Å². The van der Waals surface area contributed by atoms with Gasteiger partial charge >= 0.3 is 0 Å². The van der Waals surface area contributed by atoms with Crippen LogP contribution in [0, 0.1) is 0 Å². The first-order chi connectivity index (χ1) is 7.63. The number of pyridine rings is 1. The standard InChI is InChI=1S/C11H18N4O.ClH/c1-12-8-11(16)13-7-9-5-4-6-10(14-9)15(2)3;/h4-6,12H,7-8H2,1-3H3,(H,13,16);1H. The molecule has 0 fully saturated rings. The monoisotopic (exact) mass is 258 g/mol. The summed E-state index contributed by atoms with van der Waals surface area (Å²) >= 11 is 0. The van der Waals surface area contributed by atoms with Crippen molar-refractivity contribution < 1.29 is 4.79 Å². The average Bonchev–Trinajstić information content (AvgIpc) is 2.27. The summed E-state index contributed by atoms with van der Waals surface area (Å²) in [4.78, 5) is 17.5. The molecule has 1 aromatic heterocycles. The van der Waals surface area contributed by atoms with Crippen LogP contribution in [-0.4, -0.2) is 38.6 Å². The number of anilines is 1. The predicted octanol–water partition coefficient (Wildman–Crippen LogP) is 0.405. The first kappa shape index (κ1) is 15.7. The predicted molar refractivity (Wildman–Crippen MR) is 71.6 cm³/mol. The highest BCUT2D eigenvalue weighted by atomic mass is 35.5. The lowest BCUT2D eigenvalue weighted by molar-refractivity contribution is -0.120. The number of aromatic nitrogens is 1. The molecule has 0 aliphatic rings. The smallest absolute Gasteiger partial charge is 0.234 e. The van der Waals surface area contributed by atoms with Crippen LogP contribution in [0.25, 0.3) is 0 Å². The SMILES string of the molecule is CNCC(=O)NCc1cccc(N(C)C)n1.Cl. The molecule has 0 bridgehead atoms. The highest BCUT2D eigenvalue weighted by Crippen LogP contribution is 2.07. The van der Waals surface area contributed by atoms with E-state index in [2.05, 4.69) is 15.6 Å². The summed E-state index contributed by atoms with van der Waals surface area (Å²) in [6, 6.07) is 5.76. The number of nitrogens with one attached hydrogen (secondary N) is 2. The zero-order valence-corrected chi connectivity index (χ0v) is 11.2. The van der Waals surface area contributed by atoms with Crippen LogP contribution in [0.2, 0.25) is 0 Å². The molecule has 0 unspecified atom stereocenters. The number of hydrogen-bond acceptors (Lipinski definition) is 4. The number of amides is 1. The Morgan fingerprint density at radius 1 is 1.41 bits per heavy atom. The van der Waals surface area contributed by atoms with E-state index in [-0.39, 0.29) is 18.3 Å². The third-order valence-corrected chi connectivity index (χ3v) is 2.05. The highest BCUT2D eigenvalue weighted by Gasteiger charge is 2.02. The molecule has 1 aromatic rings. The van der Waals surface area contributed by atoms with E-state index in [1.807, 2.05) is 37.2 Å². The molecular formula is C11H19ClN4O. The quantitative estimate of drug-likeness (QED) is 0.803. The minimum atomic E-state index is -0.0282. The minimum absolute atomic E-state index is 0. The van der Waals surface area contributed by atoms with Crippen molar-refractivity contribution in [2.45, 2.75) is 6.54 Å². The molecule has 0 atom stereocenters. The Labute approximate surface area is 108 Å². The maximum absolute atomic E-state index is 11.2. The van der Waals surface area contributed by atoms with Crippen LogP contribution < -0.4 is 15.5 Å². The summed E-state index contributed by atoms with van der Waals surface area (Å²) in [6.07, 6.45) is 0. The Bertz CT molecular complexity index is 357. The van der Waals surface area contributed by atoms with Gasteiger partial charge in [-0.3, -0.25) is 4.79 Å². The maximum atomic E-state index is 11.2. The van der Waals surface area contributed by atoms with E-state index in [9.17, 15) is 4.79 Å². The maximum Gasteiger partial charge on any atom is 0.234 e. The Morgan fingerprint density at radius 2 is 2.12 bits per heavy atom. The molecule has 17 heavy (non-hydrogen) atoms. The molecule has 1 amide bonds. The molecule has 0 spiro atoms. The minimum Gasteiger partial charge on any atom is -0.363 e. The molecule has 0 aliphatic heterocycles. The van der Waals surface area contributed by atoms with E-state index in [1.165, 1.54) is 0 Å². The molecule has 0 saturated carbocycles. The van der Waals surface area contributed by atoms with Gasteiger partial charge in [-0.2, -0.15) is 0 Å². The van der Waals surface area contributed by atoms with Gasteiger partial charge in [-0.25, -0.2) is 4.98 Å². The van der Waals surface area contributed by atoms with E-state index in [1.54, 1.807) is 7.05 Å². The Hall–Kier alpha value is -1.33. The Kier molecular flexibility index (Phi) is 7.25. The van der Waals surface area contributed by atoms with Crippen molar-refractivity contribution in [1.82, 2.24) is 15.6 Å². The van der Waals surface area contributed by atoms with Crippen LogP contribution in [0.4, 0.5) is 5.82 Å². The lowest BCUT2D eigenvalue weighted by Gasteiger charge is -2.12. The summed E-state index contributed by atoms with van der Waals surface area (Å²) < 4.78 is 0. The van der Waals surface area contributed by atoms with Crippen molar-refractivity contribution in [2.75, 3.05) is 32.6 Å². The van der Waals surface area contributed by atoms with Crippen LogP contribution in [0.5, 0.6) is 0 Å². The van der Waals surface area contributed by atoms with Gasteiger partial charge in [0.25, 0.3) is 0 Å². The normalized spacial score (nSPS) is 9.35. The van der Waals surface area contributed by atoms with E-state index < -0.39 is 0 Å². The van der Waals surface area contributed by atoms with Crippen molar-refractivity contribution in [3.63, 3.8) is 0 Å². The summed E-state index contributed by atoms with van der Waals surface area (Å²) in [5.41, 5.74) is 0.857. The summed E-state index contributed by atoms with van der Waals surface area (Å²) in [5.74, 6) is 0.861. The fraction of sp³-hybridized carbons (Fsp3) is 0.455. The van der Waals surface area contributed by atoms with Gasteiger partial charge < -0.3 is 15.5 Å². The molecule has 0 radical (unpaired) electrons. The first-order valence-corrected chi connectivity index (χ1v) is 5.18. The van der Waals surface area contributed by atoms with Crippen molar-refractivity contribution in [3.05, 3.63) is 23.9 Å². The van der Waals surface area contributed by atoms with Crippen LogP contribution in [0.1, 0.15) is 5.69 Å². The zero-order chi connectivity index (χ0) is 12.0. The number of nitrogens with zero attached hydrogens (tertiary/aromatic N) is 2. The average molecular weight is 259 g/mol. The lowest BCUT2D eigenvalue weighted by atomic mass is 10.3. The molecule has 1 heterocycles. The second-order valence-electron chi connectivity index (χ2n) is 3.69. The van der Waals surface area contributed by atoms with Crippen molar-refractivity contribution in [2.24, 2.45) is 0 Å². The molecule has 5 nitrogen and oxygen atoms in total. The van der Waals surface area contributed by atoms with Crippen LogP contribution in [0.15, 0.2) is 18.2 Å². The Morgan fingerprint density at radius 3 is 2.71 bits per heavy atom. The summed E-state index contributed by atoms with van der Waals surface area (Å²) in [7, 11) is 5.61. The number of carbonyl (C=O) groups is 1. The molecular weight excluding hydrogens is 240 g/mol. The van der Waals surface area contributed by atoms with Gasteiger partial charge in [0.05, 0.1) is 18.8 Å². The van der Waals surface area contributed by atoms with Gasteiger partial charge in [0.2, 0.25) is 5.91 Å². The topological polar surface area (TPSA) is 57.3 Å². The van der Waals surface area contributed by atoms with Gasteiger partial charge in [0, 0.05) is 14.1 Å². The second-order valence-corrected chi connectivity index (χ2v) is 3.69. The largest absolute Gasteiger partial charge is 0.363 e. The third kappa shape index (κ3) is 5.51. The molecule has 0 saturated heterocycles. The second kappa shape index (κ2) is 7.86. The molecule has 0 aliphatic carbocycles. The first-order valence-electron chi connectivity index (χ1n) is 5.18. The molecule has 2 N–H and O–H groups in total. The van der Waals surface area contributed by atoms with Gasteiger partial charge in [0.15, 0.2) is 0 Å². The number of rotatable bonds is 5. The summed E-state index contributed by atoms with van der Waals surface area (Å²) in [5, 5.41) is 5.58. The fourth-order valence-corrected chi connectivity index (χ4v) is 1.23. The van der Waals surface area contributed by atoms with Crippen LogP contribution in [-0.2, 0) is 11.3 Å². The van der Waals surface area contributed by atoms with Crippen molar-refractivity contribution in [1.29, 1.82) is 0 Å². The van der Waals surface area contributed by atoms with Crippen molar-refractivity contribution >= 4 is 24.1 Å². The van der Waals surface area contributed by atoms with E-state index in [0.29, 0.717) is 13.1 Å². The third-order valence-electron chi connectivity index (χ3n) is 2.05. The van der Waals surface area contributed by atoms with Crippen LogP contribution >= 0.6 is 12.4 Å². The number of carbonyl (C=O) groups excluding carboxylic acids is 1. The number of likely N-dealkylation sites (N-methyl/N-ethyl adjacent to an activating group) is 1. The lowest BCUT2D eigenvalue weighted by Crippen LogP contribution is -2.31. The summed E-state index contributed by atoms with van der Waals surface area (Å²) in [6.45, 7) is 0.787. The van der Waals surface area contributed by atoms with E-state index >= 15 is 0 Å². The molecule has 6 heteroatoms. The highest BCUT2D eigenvalue weighted by molar-refractivity contribution is 5.85. The molecule has 1 rings (SSSR count). The zero-order valence-electron chi connectivity index (χ0n) is 10.4. The number of hydrogen-bond donors (Lipinski definition) is 2. The van der Waals surface area contributed by atoms with E-state index in [0.717, 1.165) is 11.5 Å². The molecule has 0 aromatic carbocycles.